The number of hydrogen-bond acceptors (Lipinski definition) is 5. The van der Waals surface area contributed by atoms with Crippen LogP contribution in [0.2, 0.25) is 0 Å². The van der Waals surface area contributed by atoms with E-state index in [4.69, 9.17) is 0 Å². The molecule has 6 heteroatoms. The number of aryl methyl sites for hydroxylation is 2. The van der Waals surface area contributed by atoms with Gasteiger partial charge in [-0.2, -0.15) is 4.98 Å². The summed E-state index contributed by atoms with van der Waals surface area (Å²) >= 11 is 1.69. The molecule has 0 saturated heterocycles. The lowest BCUT2D eigenvalue weighted by molar-refractivity contribution is 0.842. The Morgan fingerprint density at radius 3 is 2.95 bits per heavy atom. The van der Waals surface area contributed by atoms with Crippen LogP contribution in [0, 0.1) is 13.8 Å². The van der Waals surface area contributed by atoms with Crippen molar-refractivity contribution in [3.8, 4) is 0 Å². The third-order valence-corrected chi connectivity index (χ3v) is 3.94. The monoisotopic (exact) mass is 273 g/mol. The van der Waals surface area contributed by atoms with E-state index in [1.165, 1.54) is 10.4 Å². The zero-order valence-electron chi connectivity index (χ0n) is 11.1. The summed E-state index contributed by atoms with van der Waals surface area (Å²) in [6, 6.07) is 4.13. The number of aromatic nitrogens is 4. The van der Waals surface area contributed by atoms with E-state index in [-0.39, 0.29) is 6.04 Å². The Hall–Kier alpha value is -1.95. The molecular weight excluding hydrogens is 258 g/mol. The van der Waals surface area contributed by atoms with E-state index in [0.717, 1.165) is 10.7 Å². The van der Waals surface area contributed by atoms with Gasteiger partial charge in [0.05, 0.1) is 6.04 Å². The molecule has 0 aliphatic heterocycles. The summed E-state index contributed by atoms with van der Waals surface area (Å²) in [6.07, 6.45) is 3.81. The molecule has 0 saturated carbocycles. The molecule has 0 bridgehead atoms. The number of fused-ring (bicyclic) bond motifs is 1. The number of anilines is 1. The lowest BCUT2D eigenvalue weighted by Gasteiger charge is -2.07. The van der Waals surface area contributed by atoms with Gasteiger partial charge >= 0.3 is 0 Å². The Morgan fingerprint density at radius 2 is 2.21 bits per heavy atom. The Kier molecular flexibility index (Phi) is 2.94. The van der Waals surface area contributed by atoms with E-state index in [1.54, 1.807) is 15.9 Å². The summed E-state index contributed by atoms with van der Waals surface area (Å²) in [5.41, 5.74) is 2.03. The second-order valence-electron chi connectivity index (χ2n) is 4.62. The van der Waals surface area contributed by atoms with Gasteiger partial charge in [0.1, 0.15) is 5.01 Å². The SMILES string of the molecule is Cc1ccn2nc(NC(C)c3ncc(C)s3)nc2c1. The lowest BCUT2D eigenvalue weighted by atomic mass is 10.3. The van der Waals surface area contributed by atoms with Crippen LogP contribution in [0.15, 0.2) is 24.5 Å². The van der Waals surface area contributed by atoms with Crippen LogP contribution in [-0.4, -0.2) is 19.6 Å². The van der Waals surface area contributed by atoms with Gasteiger partial charge in [0.2, 0.25) is 5.95 Å². The molecule has 1 N–H and O–H groups in total. The van der Waals surface area contributed by atoms with Crippen LogP contribution in [0.4, 0.5) is 5.95 Å². The predicted octanol–water partition coefficient (Wildman–Crippen LogP) is 2.98. The van der Waals surface area contributed by atoms with Crippen molar-refractivity contribution in [1.29, 1.82) is 0 Å². The van der Waals surface area contributed by atoms with E-state index in [2.05, 4.69) is 34.2 Å². The van der Waals surface area contributed by atoms with Gasteiger partial charge in [-0.1, -0.05) is 0 Å². The quantitative estimate of drug-likeness (QED) is 0.797. The molecule has 0 amide bonds. The van der Waals surface area contributed by atoms with Crippen LogP contribution in [0.25, 0.3) is 5.65 Å². The number of thiazole rings is 1. The topological polar surface area (TPSA) is 55.1 Å². The highest BCUT2D eigenvalue weighted by molar-refractivity contribution is 7.11. The Morgan fingerprint density at radius 1 is 1.37 bits per heavy atom. The average Bonchev–Trinajstić information content (AvgIpc) is 2.94. The third kappa shape index (κ3) is 2.44. The van der Waals surface area contributed by atoms with Crippen LogP contribution in [0.1, 0.15) is 28.4 Å². The third-order valence-electron chi connectivity index (χ3n) is 2.85. The second kappa shape index (κ2) is 4.62. The van der Waals surface area contributed by atoms with Gasteiger partial charge < -0.3 is 5.32 Å². The van der Waals surface area contributed by atoms with Crippen LogP contribution >= 0.6 is 11.3 Å². The molecule has 3 aromatic heterocycles. The molecule has 3 aromatic rings. The second-order valence-corrected chi connectivity index (χ2v) is 5.88. The standard InChI is InChI=1S/C13H15N5S/c1-8-4-5-18-11(6-8)16-13(17-18)15-10(3)12-14-7-9(2)19-12/h4-7,10H,1-3H3,(H,15,17). The first-order valence-electron chi connectivity index (χ1n) is 6.14. The van der Waals surface area contributed by atoms with E-state index in [1.807, 2.05) is 31.5 Å². The van der Waals surface area contributed by atoms with Gasteiger partial charge in [-0.25, -0.2) is 9.50 Å². The molecule has 0 spiro atoms. The molecule has 3 heterocycles. The van der Waals surface area contributed by atoms with Crippen molar-refractivity contribution in [2.24, 2.45) is 0 Å². The highest BCUT2D eigenvalue weighted by atomic mass is 32.1. The van der Waals surface area contributed by atoms with Gasteiger partial charge in [0.15, 0.2) is 5.65 Å². The Balaban J connectivity index is 1.85. The summed E-state index contributed by atoms with van der Waals surface area (Å²) in [4.78, 5) is 10.0. The summed E-state index contributed by atoms with van der Waals surface area (Å²) < 4.78 is 1.77. The molecule has 0 fully saturated rings. The molecule has 0 aliphatic rings. The van der Waals surface area contributed by atoms with Crippen LogP contribution < -0.4 is 5.32 Å². The minimum atomic E-state index is 0.109. The van der Waals surface area contributed by atoms with Crippen molar-refractivity contribution >= 4 is 22.9 Å². The zero-order chi connectivity index (χ0) is 13.4. The van der Waals surface area contributed by atoms with Gasteiger partial charge in [-0.3, -0.25) is 0 Å². The Bertz CT molecular complexity index is 715. The zero-order valence-corrected chi connectivity index (χ0v) is 11.9. The summed E-state index contributed by atoms with van der Waals surface area (Å²) in [6.45, 7) is 6.16. The van der Waals surface area contributed by atoms with E-state index in [9.17, 15) is 0 Å². The summed E-state index contributed by atoms with van der Waals surface area (Å²) in [7, 11) is 0. The average molecular weight is 273 g/mol. The summed E-state index contributed by atoms with van der Waals surface area (Å²) in [5.74, 6) is 0.631. The molecule has 98 valence electrons. The first-order chi connectivity index (χ1) is 9.11. The highest BCUT2D eigenvalue weighted by Gasteiger charge is 2.12. The fraction of sp³-hybridized carbons (Fsp3) is 0.308. The molecule has 1 atom stereocenters. The van der Waals surface area contributed by atoms with Gasteiger partial charge in [-0.05, 0) is 38.5 Å². The fourth-order valence-electron chi connectivity index (χ4n) is 1.87. The maximum Gasteiger partial charge on any atom is 0.243 e. The molecule has 0 aromatic carbocycles. The molecule has 1 unspecified atom stereocenters. The summed E-state index contributed by atoms with van der Waals surface area (Å²) in [5, 5.41) is 8.73. The molecule has 19 heavy (non-hydrogen) atoms. The van der Waals surface area contributed by atoms with Crippen molar-refractivity contribution in [2.75, 3.05) is 5.32 Å². The number of rotatable bonds is 3. The lowest BCUT2D eigenvalue weighted by Crippen LogP contribution is -2.07. The first-order valence-corrected chi connectivity index (χ1v) is 6.95. The van der Waals surface area contributed by atoms with Crippen molar-refractivity contribution in [2.45, 2.75) is 26.8 Å². The largest absolute Gasteiger partial charge is 0.344 e. The number of nitrogens with zero attached hydrogens (tertiary/aromatic N) is 4. The molecular formula is C13H15N5S. The van der Waals surface area contributed by atoms with Gasteiger partial charge in [0.25, 0.3) is 0 Å². The van der Waals surface area contributed by atoms with Crippen LogP contribution in [0.5, 0.6) is 0 Å². The number of hydrogen-bond donors (Lipinski definition) is 1. The van der Waals surface area contributed by atoms with E-state index < -0.39 is 0 Å². The van der Waals surface area contributed by atoms with Crippen molar-refractivity contribution in [1.82, 2.24) is 19.6 Å². The molecule has 0 aliphatic carbocycles. The van der Waals surface area contributed by atoms with Crippen molar-refractivity contribution < 1.29 is 0 Å². The van der Waals surface area contributed by atoms with E-state index in [0.29, 0.717) is 5.95 Å². The van der Waals surface area contributed by atoms with Gasteiger partial charge in [-0.15, -0.1) is 16.4 Å². The van der Waals surface area contributed by atoms with Crippen molar-refractivity contribution in [3.05, 3.63) is 40.0 Å². The number of nitrogens with one attached hydrogen (secondary N) is 1. The molecule has 0 radical (unpaired) electrons. The number of pyridine rings is 1. The smallest absolute Gasteiger partial charge is 0.243 e. The Labute approximate surface area is 115 Å². The molecule has 5 nitrogen and oxygen atoms in total. The predicted molar refractivity (Wildman–Crippen MR) is 76.6 cm³/mol. The molecule has 3 rings (SSSR count). The maximum atomic E-state index is 4.46. The van der Waals surface area contributed by atoms with Crippen LogP contribution in [0.3, 0.4) is 0 Å². The maximum absolute atomic E-state index is 4.46. The highest BCUT2D eigenvalue weighted by Crippen LogP contribution is 2.22. The van der Waals surface area contributed by atoms with Crippen LogP contribution in [-0.2, 0) is 0 Å². The minimum absolute atomic E-state index is 0.109. The first kappa shape index (κ1) is 12.1. The van der Waals surface area contributed by atoms with Gasteiger partial charge in [0, 0.05) is 17.3 Å². The van der Waals surface area contributed by atoms with Crippen molar-refractivity contribution in [3.63, 3.8) is 0 Å². The minimum Gasteiger partial charge on any atom is -0.344 e. The normalized spacial score (nSPS) is 12.8. The van der Waals surface area contributed by atoms with E-state index >= 15 is 0 Å². The fourth-order valence-corrected chi connectivity index (χ4v) is 2.65.